The number of fused-ring (bicyclic) bond motifs is 2. The molecule has 2 aromatic heterocycles. The fourth-order valence-corrected chi connectivity index (χ4v) is 2.57. The van der Waals surface area contributed by atoms with Gasteiger partial charge in [-0.3, -0.25) is 0 Å². The van der Waals surface area contributed by atoms with E-state index in [9.17, 15) is 0 Å². The van der Waals surface area contributed by atoms with Gasteiger partial charge < -0.3 is 19.9 Å². The molecule has 7 nitrogen and oxygen atoms in total. The van der Waals surface area contributed by atoms with E-state index in [0.717, 1.165) is 17.0 Å². The van der Waals surface area contributed by atoms with Gasteiger partial charge in [-0.15, -0.1) is 5.10 Å². The van der Waals surface area contributed by atoms with Crippen molar-refractivity contribution in [2.24, 2.45) is 0 Å². The van der Waals surface area contributed by atoms with Gasteiger partial charge in [0.15, 0.2) is 17.1 Å². The Hall–Kier alpha value is -2.96. The van der Waals surface area contributed by atoms with Gasteiger partial charge in [0.2, 0.25) is 5.95 Å². The van der Waals surface area contributed by atoms with Gasteiger partial charge in [-0.2, -0.15) is 4.98 Å². The lowest BCUT2D eigenvalue weighted by molar-refractivity contribution is 0.171. The Kier molecular flexibility index (Phi) is 2.78. The highest BCUT2D eigenvalue weighted by Crippen LogP contribution is 2.37. The van der Waals surface area contributed by atoms with Gasteiger partial charge in [-0.25, -0.2) is 4.52 Å². The van der Waals surface area contributed by atoms with Crippen molar-refractivity contribution in [3.05, 3.63) is 30.3 Å². The van der Waals surface area contributed by atoms with Crippen LogP contribution in [-0.4, -0.2) is 34.9 Å². The summed E-state index contributed by atoms with van der Waals surface area (Å²) in [7, 11) is 1.61. The minimum atomic E-state index is 0.215. The van der Waals surface area contributed by atoms with Gasteiger partial charge in [0, 0.05) is 5.56 Å². The molecule has 1 aromatic carbocycles. The molecule has 0 saturated heterocycles. The summed E-state index contributed by atoms with van der Waals surface area (Å²) >= 11 is 0. The number of pyridine rings is 1. The molecule has 0 amide bonds. The van der Waals surface area contributed by atoms with Crippen LogP contribution in [0, 0.1) is 0 Å². The molecule has 1 aliphatic heterocycles. The molecule has 0 spiro atoms. The molecule has 0 aliphatic carbocycles. The van der Waals surface area contributed by atoms with Gasteiger partial charge in [0.25, 0.3) is 0 Å². The molecular formula is C15H14N4O3. The molecule has 3 aromatic rings. The van der Waals surface area contributed by atoms with Crippen molar-refractivity contribution in [3.63, 3.8) is 0 Å². The van der Waals surface area contributed by atoms with Crippen molar-refractivity contribution in [2.45, 2.75) is 0 Å². The van der Waals surface area contributed by atoms with Crippen LogP contribution in [-0.2, 0) is 0 Å². The first kappa shape index (κ1) is 12.8. The van der Waals surface area contributed by atoms with Crippen LogP contribution in [0.3, 0.4) is 0 Å². The van der Waals surface area contributed by atoms with E-state index >= 15 is 0 Å². The lowest BCUT2D eigenvalue weighted by atomic mass is 10.1. The molecule has 2 N–H and O–H groups in total. The monoisotopic (exact) mass is 298 g/mol. The van der Waals surface area contributed by atoms with Crippen LogP contribution in [0.5, 0.6) is 17.2 Å². The second kappa shape index (κ2) is 4.80. The van der Waals surface area contributed by atoms with Gasteiger partial charge in [-0.05, 0) is 30.3 Å². The number of nitrogen functional groups attached to an aromatic ring is 1. The van der Waals surface area contributed by atoms with Gasteiger partial charge >= 0.3 is 0 Å². The van der Waals surface area contributed by atoms with Crippen LogP contribution in [0.25, 0.3) is 16.9 Å². The molecule has 0 atom stereocenters. The van der Waals surface area contributed by atoms with Crippen LogP contribution in [0.4, 0.5) is 5.95 Å². The predicted octanol–water partition coefficient (Wildman–Crippen LogP) is 1.76. The summed E-state index contributed by atoms with van der Waals surface area (Å²) in [6.07, 6.45) is 0. The summed E-state index contributed by atoms with van der Waals surface area (Å²) in [6.45, 7) is 1.10. The Morgan fingerprint density at radius 2 is 1.95 bits per heavy atom. The molecule has 112 valence electrons. The highest BCUT2D eigenvalue weighted by Gasteiger charge is 2.18. The van der Waals surface area contributed by atoms with Crippen LogP contribution in [0.2, 0.25) is 0 Å². The Balaban J connectivity index is 1.96. The van der Waals surface area contributed by atoms with Crippen molar-refractivity contribution < 1.29 is 14.2 Å². The number of hydrogen-bond acceptors (Lipinski definition) is 6. The van der Waals surface area contributed by atoms with Crippen molar-refractivity contribution >= 4 is 11.6 Å². The number of hydrogen-bond donors (Lipinski definition) is 1. The van der Waals surface area contributed by atoms with E-state index < -0.39 is 0 Å². The molecule has 4 rings (SSSR count). The highest BCUT2D eigenvalue weighted by molar-refractivity contribution is 5.72. The fraction of sp³-hybridized carbons (Fsp3) is 0.200. The number of anilines is 1. The van der Waals surface area contributed by atoms with Crippen LogP contribution >= 0.6 is 0 Å². The summed E-state index contributed by atoms with van der Waals surface area (Å²) in [5.41, 5.74) is 8.02. The SMILES string of the molecule is COc1ccc2nc(N)nn2c1-c1ccc2c(c1)OCCO2. The maximum atomic E-state index is 5.71. The third-order valence-corrected chi connectivity index (χ3v) is 3.51. The summed E-state index contributed by atoms with van der Waals surface area (Å²) in [6, 6.07) is 9.37. The number of aromatic nitrogens is 3. The summed E-state index contributed by atoms with van der Waals surface area (Å²) in [5, 5.41) is 4.24. The van der Waals surface area contributed by atoms with Crippen LogP contribution < -0.4 is 19.9 Å². The van der Waals surface area contributed by atoms with Crippen molar-refractivity contribution in [1.29, 1.82) is 0 Å². The second-order valence-corrected chi connectivity index (χ2v) is 4.85. The Morgan fingerprint density at radius 1 is 1.14 bits per heavy atom. The quantitative estimate of drug-likeness (QED) is 0.776. The Labute approximate surface area is 126 Å². The minimum absolute atomic E-state index is 0.215. The van der Waals surface area contributed by atoms with Gasteiger partial charge in [0.1, 0.15) is 24.7 Å². The smallest absolute Gasteiger partial charge is 0.240 e. The lowest BCUT2D eigenvalue weighted by Gasteiger charge is -2.19. The first-order chi connectivity index (χ1) is 10.8. The summed E-state index contributed by atoms with van der Waals surface area (Å²) in [4.78, 5) is 4.18. The molecule has 0 unspecified atom stereocenters. The zero-order valence-corrected chi connectivity index (χ0v) is 11.9. The van der Waals surface area contributed by atoms with E-state index in [2.05, 4.69) is 10.1 Å². The average Bonchev–Trinajstić information content (AvgIpc) is 2.93. The largest absolute Gasteiger partial charge is 0.494 e. The highest BCUT2D eigenvalue weighted by atomic mass is 16.6. The number of nitrogens with zero attached hydrogens (tertiary/aromatic N) is 3. The van der Waals surface area contributed by atoms with Crippen molar-refractivity contribution in [1.82, 2.24) is 14.6 Å². The first-order valence-corrected chi connectivity index (χ1v) is 6.85. The Bertz CT molecular complexity index is 859. The van der Waals surface area contributed by atoms with Gasteiger partial charge in [0.05, 0.1) is 7.11 Å². The zero-order chi connectivity index (χ0) is 15.1. The molecule has 0 radical (unpaired) electrons. The summed E-state index contributed by atoms with van der Waals surface area (Å²) in [5.74, 6) is 2.33. The molecule has 22 heavy (non-hydrogen) atoms. The minimum Gasteiger partial charge on any atom is -0.494 e. The van der Waals surface area contributed by atoms with E-state index in [1.165, 1.54) is 0 Å². The first-order valence-electron chi connectivity index (χ1n) is 6.85. The molecule has 1 aliphatic rings. The van der Waals surface area contributed by atoms with Gasteiger partial charge in [-0.1, -0.05) is 0 Å². The van der Waals surface area contributed by atoms with Crippen LogP contribution in [0.1, 0.15) is 0 Å². The van der Waals surface area contributed by atoms with E-state index in [0.29, 0.717) is 30.4 Å². The van der Waals surface area contributed by atoms with Crippen LogP contribution in [0.15, 0.2) is 30.3 Å². The average molecular weight is 298 g/mol. The van der Waals surface area contributed by atoms with E-state index in [4.69, 9.17) is 19.9 Å². The maximum Gasteiger partial charge on any atom is 0.240 e. The number of benzene rings is 1. The normalized spacial score (nSPS) is 13.3. The molecule has 0 saturated carbocycles. The lowest BCUT2D eigenvalue weighted by Crippen LogP contribution is -2.15. The second-order valence-electron chi connectivity index (χ2n) is 4.85. The number of nitrogens with two attached hydrogens (primary N) is 1. The molecule has 7 heteroatoms. The number of rotatable bonds is 2. The fourth-order valence-electron chi connectivity index (χ4n) is 2.57. The number of ether oxygens (including phenoxy) is 3. The van der Waals surface area contributed by atoms with E-state index in [1.807, 2.05) is 30.3 Å². The third kappa shape index (κ3) is 1.90. The Morgan fingerprint density at radius 3 is 2.77 bits per heavy atom. The standard InChI is InChI=1S/C15H14N4O3/c1-20-11-4-5-13-17-15(16)18-19(13)14(11)9-2-3-10-12(8-9)22-7-6-21-10/h2-5,8H,6-7H2,1H3,(H2,16,18). The third-order valence-electron chi connectivity index (χ3n) is 3.51. The number of methoxy groups -OCH3 is 1. The predicted molar refractivity (Wildman–Crippen MR) is 80.4 cm³/mol. The van der Waals surface area contributed by atoms with Crippen molar-refractivity contribution in [3.8, 4) is 28.5 Å². The topological polar surface area (TPSA) is 83.9 Å². The summed E-state index contributed by atoms with van der Waals surface area (Å²) < 4.78 is 18.3. The molecule has 0 bridgehead atoms. The molecular weight excluding hydrogens is 284 g/mol. The molecule has 0 fully saturated rings. The molecule has 3 heterocycles. The van der Waals surface area contributed by atoms with E-state index in [-0.39, 0.29) is 5.95 Å². The van der Waals surface area contributed by atoms with Crippen molar-refractivity contribution in [2.75, 3.05) is 26.1 Å². The zero-order valence-electron chi connectivity index (χ0n) is 11.9. The maximum absolute atomic E-state index is 5.71. The van der Waals surface area contributed by atoms with E-state index in [1.54, 1.807) is 11.6 Å².